The van der Waals surface area contributed by atoms with Crippen molar-refractivity contribution in [1.29, 1.82) is 0 Å². The molecule has 0 bridgehead atoms. The standard InChI is InChI=1S/C20H28N6O3/c21-17(27)16-9-5-11-26(16)19(29)15(12-13-6-2-1-3-7-13)24-18(28)14-8-4-10-23-20(22)25-14/h1-3,6-7,14-16H,4-5,8-12H2,(H2,21,27)(H,24,28)(H3,22,23,25)/t14-,15+,16+/m1/s1. The number of primary amides is 1. The van der Waals surface area contributed by atoms with Crippen molar-refractivity contribution in [2.45, 2.75) is 50.2 Å². The third-order valence-electron chi connectivity index (χ3n) is 5.33. The maximum absolute atomic E-state index is 13.2. The van der Waals surface area contributed by atoms with Gasteiger partial charge in [0.15, 0.2) is 5.96 Å². The summed E-state index contributed by atoms with van der Waals surface area (Å²) in [6.45, 7) is 1.01. The number of nitrogens with zero attached hydrogens (tertiary/aromatic N) is 2. The molecule has 9 nitrogen and oxygen atoms in total. The number of amides is 3. The lowest BCUT2D eigenvalue weighted by Crippen LogP contribution is -2.57. The average Bonchev–Trinajstić information content (AvgIpc) is 3.10. The summed E-state index contributed by atoms with van der Waals surface area (Å²) in [5.74, 6) is -0.898. The van der Waals surface area contributed by atoms with E-state index < -0.39 is 24.0 Å². The smallest absolute Gasteiger partial charge is 0.246 e. The van der Waals surface area contributed by atoms with Crippen LogP contribution in [0, 0.1) is 0 Å². The minimum atomic E-state index is -0.798. The molecule has 156 valence electrons. The van der Waals surface area contributed by atoms with E-state index in [4.69, 9.17) is 11.5 Å². The van der Waals surface area contributed by atoms with E-state index in [1.165, 1.54) is 4.90 Å². The SMILES string of the molecule is NC(=O)[C@@H]1CCCN1C(=O)[C@H](Cc1ccccc1)NC(=O)[C@H]1CCCN=C(N)N1. The molecule has 6 N–H and O–H groups in total. The number of nitrogens with one attached hydrogen (secondary N) is 2. The zero-order valence-electron chi connectivity index (χ0n) is 16.3. The maximum atomic E-state index is 13.2. The highest BCUT2D eigenvalue weighted by Gasteiger charge is 2.37. The minimum absolute atomic E-state index is 0.224. The van der Waals surface area contributed by atoms with Gasteiger partial charge in [-0.25, -0.2) is 0 Å². The van der Waals surface area contributed by atoms with Crippen LogP contribution in [0.5, 0.6) is 0 Å². The Labute approximate surface area is 169 Å². The van der Waals surface area contributed by atoms with Crippen LogP contribution in [0.3, 0.4) is 0 Å². The number of aliphatic imine (C=N–C) groups is 1. The molecule has 3 amide bonds. The quantitative estimate of drug-likeness (QED) is 0.497. The van der Waals surface area contributed by atoms with Gasteiger partial charge >= 0.3 is 0 Å². The molecular formula is C20H28N6O3. The van der Waals surface area contributed by atoms with Gasteiger partial charge in [0.05, 0.1) is 0 Å². The average molecular weight is 400 g/mol. The van der Waals surface area contributed by atoms with E-state index in [1.54, 1.807) is 0 Å². The van der Waals surface area contributed by atoms with E-state index in [9.17, 15) is 14.4 Å². The normalized spacial score (nSPS) is 22.8. The molecule has 9 heteroatoms. The Morgan fingerprint density at radius 3 is 2.69 bits per heavy atom. The molecule has 0 aliphatic carbocycles. The Morgan fingerprint density at radius 2 is 1.97 bits per heavy atom. The fourth-order valence-corrected chi connectivity index (χ4v) is 3.84. The van der Waals surface area contributed by atoms with Gasteiger partial charge in [-0.05, 0) is 31.2 Å². The number of hydrogen-bond acceptors (Lipinski definition) is 6. The van der Waals surface area contributed by atoms with E-state index in [2.05, 4.69) is 15.6 Å². The van der Waals surface area contributed by atoms with Crippen LogP contribution in [0.2, 0.25) is 0 Å². The first-order valence-corrected chi connectivity index (χ1v) is 9.96. The lowest BCUT2D eigenvalue weighted by molar-refractivity contribution is -0.140. The van der Waals surface area contributed by atoms with Crippen molar-refractivity contribution in [3.8, 4) is 0 Å². The van der Waals surface area contributed by atoms with Gasteiger partial charge in [-0.15, -0.1) is 0 Å². The summed E-state index contributed by atoms with van der Waals surface area (Å²) in [7, 11) is 0. The van der Waals surface area contributed by atoms with Crippen LogP contribution in [0.1, 0.15) is 31.2 Å². The van der Waals surface area contributed by atoms with Crippen molar-refractivity contribution in [1.82, 2.24) is 15.5 Å². The molecule has 1 fully saturated rings. The van der Waals surface area contributed by atoms with Gasteiger partial charge in [-0.2, -0.15) is 0 Å². The van der Waals surface area contributed by atoms with Gasteiger partial charge in [-0.1, -0.05) is 30.3 Å². The second kappa shape index (κ2) is 9.40. The maximum Gasteiger partial charge on any atom is 0.246 e. The van der Waals surface area contributed by atoms with Gasteiger partial charge in [0.2, 0.25) is 17.7 Å². The second-order valence-electron chi connectivity index (χ2n) is 7.45. The number of rotatable bonds is 6. The number of benzene rings is 1. The third kappa shape index (κ3) is 5.24. The predicted octanol–water partition coefficient (Wildman–Crippen LogP) is -0.743. The molecule has 2 aliphatic rings. The molecule has 1 aromatic carbocycles. The van der Waals surface area contributed by atoms with Crippen LogP contribution in [0.15, 0.2) is 35.3 Å². The summed E-state index contributed by atoms with van der Waals surface area (Å²) in [6, 6.07) is 7.46. The summed E-state index contributed by atoms with van der Waals surface area (Å²) in [6.07, 6.45) is 2.87. The Bertz CT molecular complexity index is 782. The zero-order valence-corrected chi connectivity index (χ0v) is 16.3. The van der Waals surface area contributed by atoms with Crippen molar-refractivity contribution in [2.24, 2.45) is 16.5 Å². The highest BCUT2D eigenvalue weighted by molar-refractivity contribution is 5.94. The summed E-state index contributed by atoms with van der Waals surface area (Å²) in [4.78, 5) is 43.5. The molecule has 0 spiro atoms. The number of carbonyl (C=O) groups excluding carboxylic acids is 3. The Balaban J connectivity index is 1.77. The fourth-order valence-electron chi connectivity index (χ4n) is 3.84. The first-order chi connectivity index (χ1) is 14.0. The second-order valence-corrected chi connectivity index (χ2v) is 7.45. The van der Waals surface area contributed by atoms with E-state index >= 15 is 0 Å². The third-order valence-corrected chi connectivity index (χ3v) is 5.33. The van der Waals surface area contributed by atoms with E-state index in [-0.39, 0.29) is 17.8 Å². The first-order valence-electron chi connectivity index (χ1n) is 9.96. The van der Waals surface area contributed by atoms with Gasteiger partial charge in [0.25, 0.3) is 0 Å². The Morgan fingerprint density at radius 1 is 1.21 bits per heavy atom. The molecule has 1 aromatic rings. The van der Waals surface area contributed by atoms with Crippen molar-refractivity contribution >= 4 is 23.7 Å². The Kier molecular flexibility index (Phi) is 6.69. The van der Waals surface area contributed by atoms with Crippen LogP contribution in [-0.4, -0.2) is 59.8 Å². The molecule has 0 unspecified atom stereocenters. The number of nitrogens with two attached hydrogens (primary N) is 2. The van der Waals surface area contributed by atoms with Crippen molar-refractivity contribution < 1.29 is 14.4 Å². The van der Waals surface area contributed by atoms with Crippen LogP contribution in [-0.2, 0) is 20.8 Å². The molecule has 3 atom stereocenters. The van der Waals surface area contributed by atoms with Gasteiger partial charge < -0.3 is 27.0 Å². The molecule has 0 aromatic heterocycles. The largest absolute Gasteiger partial charge is 0.370 e. The molecule has 0 saturated carbocycles. The van der Waals surface area contributed by atoms with Crippen molar-refractivity contribution in [2.75, 3.05) is 13.1 Å². The lowest BCUT2D eigenvalue weighted by Gasteiger charge is -2.29. The molecule has 3 rings (SSSR count). The predicted molar refractivity (Wildman–Crippen MR) is 109 cm³/mol. The number of carbonyl (C=O) groups is 3. The zero-order chi connectivity index (χ0) is 20.8. The Hall–Kier alpha value is -3.10. The molecule has 2 heterocycles. The molecular weight excluding hydrogens is 372 g/mol. The van der Waals surface area contributed by atoms with Gasteiger partial charge in [0, 0.05) is 19.5 Å². The highest BCUT2D eigenvalue weighted by Crippen LogP contribution is 2.19. The van der Waals surface area contributed by atoms with Gasteiger partial charge in [0.1, 0.15) is 18.1 Å². The minimum Gasteiger partial charge on any atom is -0.370 e. The van der Waals surface area contributed by atoms with Crippen LogP contribution >= 0.6 is 0 Å². The highest BCUT2D eigenvalue weighted by atomic mass is 16.2. The summed E-state index contributed by atoms with van der Waals surface area (Å²) in [5.41, 5.74) is 12.1. The molecule has 2 aliphatic heterocycles. The van der Waals surface area contributed by atoms with Gasteiger partial charge in [-0.3, -0.25) is 19.4 Å². The van der Waals surface area contributed by atoms with Crippen LogP contribution < -0.4 is 22.1 Å². The van der Waals surface area contributed by atoms with E-state index in [0.29, 0.717) is 38.8 Å². The van der Waals surface area contributed by atoms with E-state index in [1.807, 2.05) is 30.3 Å². The van der Waals surface area contributed by atoms with Crippen LogP contribution in [0.25, 0.3) is 0 Å². The fraction of sp³-hybridized carbons (Fsp3) is 0.500. The summed E-state index contributed by atoms with van der Waals surface area (Å²) in [5, 5.41) is 5.76. The summed E-state index contributed by atoms with van der Waals surface area (Å²) < 4.78 is 0. The topological polar surface area (TPSA) is 143 Å². The number of guanidine groups is 1. The van der Waals surface area contributed by atoms with E-state index in [0.717, 1.165) is 12.0 Å². The number of hydrogen-bond donors (Lipinski definition) is 4. The van der Waals surface area contributed by atoms with Crippen molar-refractivity contribution in [3.05, 3.63) is 35.9 Å². The van der Waals surface area contributed by atoms with Crippen molar-refractivity contribution in [3.63, 3.8) is 0 Å². The molecule has 29 heavy (non-hydrogen) atoms. The monoisotopic (exact) mass is 400 g/mol. The summed E-state index contributed by atoms with van der Waals surface area (Å²) >= 11 is 0. The molecule has 1 saturated heterocycles. The molecule has 0 radical (unpaired) electrons. The first kappa shape index (κ1) is 20.6. The van der Waals surface area contributed by atoms with Crippen LogP contribution in [0.4, 0.5) is 0 Å². The lowest BCUT2D eigenvalue weighted by atomic mass is 10.0. The number of likely N-dealkylation sites (tertiary alicyclic amines) is 1.